The Bertz CT molecular complexity index is 323. The van der Waals surface area contributed by atoms with Gasteiger partial charge in [-0.15, -0.1) is 0 Å². The van der Waals surface area contributed by atoms with E-state index >= 15 is 0 Å². The summed E-state index contributed by atoms with van der Waals surface area (Å²) in [6, 6.07) is 1.28. The molecule has 1 rings (SSSR count). The zero-order valence-electron chi connectivity index (χ0n) is 6.97. The number of rotatable bonds is 3. The van der Waals surface area contributed by atoms with Crippen LogP contribution in [0.3, 0.4) is 0 Å². The molecule has 5 N–H and O–H groups in total. The molecular formula is C8H12N2O3. The van der Waals surface area contributed by atoms with Crippen LogP contribution in [0.5, 0.6) is 0 Å². The molecule has 0 aromatic carbocycles. The average molecular weight is 184 g/mol. The molecular weight excluding hydrogens is 172 g/mol. The van der Waals surface area contributed by atoms with Crippen molar-refractivity contribution in [3.63, 3.8) is 0 Å². The third-order valence-corrected chi connectivity index (χ3v) is 1.78. The van der Waals surface area contributed by atoms with Crippen molar-refractivity contribution in [2.45, 2.75) is 12.2 Å². The molecule has 1 aromatic rings. The summed E-state index contributed by atoms with van der Waals surface area (Å²) in [5, 5.41) is 18.6. The van der Waals surface area contributed by atoms with Crippen molar-refractivity contribution in [2.24, 2.45) is 5.73 Å². The SMILES string of the molecule is NCC(O)C(O)c1c[nH]ccc1=O. The number of nitrogens with two attached hydrogens (primary N) is 1. The summed E-state index contributed by atoms with van der Waals surface area (Å²) in [5.41, 5.74) is 4.94. The molecule has 2 atom stereocenters. The van der Waals surface area contributed by atoms with E-state index in [1.807, 2.05) is 0 Å². The Hall–Kier alpha value is -1.17. The van der Waals surface area contributed by atoms with Gasteiger partial charge in [0.1, 0.15) is 6.10 Å². The molecule has 0 aliphatic carbocycles. The molecule has 5 nitrogen and oxygen atoms in total. The van der Waals surface area contributed by atoms with Gasteiger partial charge in [0.2, 0.25) is 0 Å². The zero-order chi connectivity index (χ0) is 9.84. The van der Waals surface area contributed by atoms with Crippen LogP contribution >= 0.6 is 0 Å². The second-order valence-corrected chi connectivity index (χ2v) is 2.71. The van der Waals surface area contributed by atoms with Crippen LogP contribution in [0.25, 0.3) is 0 Å². The number of hydrogen-bond donors (Lipinski definition) is 4. The fraction of sp³-hybridized carbons (Fsp3) is 0.375. The Labute approximate surface area is 74.8 Å². The third-order valence-electron chi connectivity index (χ3n) is 1.78. The van der Waals surface area contributed by atoms with Gasteiger partial charge in [0.15, 0.2) is 5.43 Å². The van der Waals surface area contributed by atoms with Crippen molar-refractivity contribution in [1.29, 1.82) is 0 Å². The van der Waals surface area contributed by atoms with Crippen LogP contribution in [0, 0.1) is 0 Å². The molecule has 0 radical (unpaired) electrons. The Morgan fingerprint density at radius 1 is 1.54 bits per heavy atom. The van der Waals surface area contributed by atoms with Crippen LogP contribution in [0.1, 0.15) is 11.7 Å². The quantitative estimate of drug-likeness (QED) is 0.470. The van der Waals surface area contributed by atoms with Gasteiger partial charge in [-0.3, -0.25) is 4.79 Å². The first kappa shape index (κ1) is 9.91. The highest BCUT2D eigenvalue weighted by Crippen LogP contribution is 2.10. The van der Waals surface area contributed by atoms with Crippen molar-refractivity contribution in [3.05, 3.63) is 34.2 Å². The van der Waals surface area contributed by atoms with Crippen LogP contribution in [0.4, 0.5) is 0 Å². The highest BCUT2D eigenvalue weighted by Gasteiger charge is 2.18. The van der Waals surface area contributed by atoms with Crippen LogP contribution in [-0.2, 0) is 0 Å². The molecule has 5 heteroatoms. The van der Waals surface area contributed by atoms with E-state index in [0.29, 0.717) is 0 Å². The van der Waals surface area contributed by atoms with Crippen LogP contribution in [0.2, 0.25) is 0 Å². The minimum atomic E-state index is -1.23. The number of aliphatic hydroxyl groups is 2. The van der Waals surface area contributed by atoms with Gasteiger partial charge in [0.05, 0.1) is 6.10 Å². The van der Waals surface area contributed by atoms with Crippen molar-refractivity contribution in [1.82, 2.24) is 4.98 Å². The van der Waals surface area contributed by atoms with Crippen LogP contribution < -0.4 is 11.2 Å². The van der Waals surface area contributed by atoms with Gasteiger partial charge in [-0.05, 0) is 0 Å². The molecule has 0 saturated heterocycles. The summed E-state index contributed by atoms with van der Waals surface area (Å²) in [6.45, 7) is -0.0878. The lowest BCUT2D eigenvalue weighted by Crippen LogP contribution is -2.30. The Balaban J connectivity index is 2.95. The molecule has 0 fully saturated rings. The van der Waals surface area contributed by atoms with Gasteiger partial charge in [-0.25, -0.2) is 0 Å². The van der Waals surface area contributed by atoms with Crippen LogP contribution in [-0.4, -0.2) is 27.8 Å². The minimum absolute atomic E-state index is 0.0878. The molecule has 0 aliphatic heterocycles. The summed E-state index contributed by atoms with van der Waals surface area (Å²) < 4.78 is 0. The van der Waals surface area contributed by atoms with E-state index in [4.69, 9.17) is 5.73 Å². The maximum Gasteiger partial charge on any atom is 0.187 e. The Kier molecular flexibility index (Phi) is 3.18. The van der Waals surface area contributed by atoms with E-state index in [1.165, 1.54) is 18.5 Å². The second-order valence-electron chi connectivity index (χ2n) is 2.71. The molecule has 72 valence electrons. The molecule has 13 heavy (non-hydrogen) atoms. The lowest BCUT2D eigenvalue weighted by atomic mass is 10.1. The minimum Gasteiger partial charge on any atom is -0.389 e. The first-order chi connectivity index (χ1) is 6.16. The maximum atomic E-state index is 11.1. The van der Waals surface area contributed by atoms with E-state index in [0.717, 1.165) is 0 Å². The van der Waals surface area contributed by atoms with E-state index in [1.54, 1.807) is 0 Å². The monoisotopic (exact) mass is 184 g/mol. The molecule has 2 unspecified atom stereocenters. The Morgan fingerprint density at radius 2 is 2.23 bits per heavy atom. The van der Waals surface area contributed by atoms with Gasteiger partial charge >= 0.3 is 0 Å². The number of hydrogen-bond acceptors (Lipinski definition) is 4. The van der Waals surface area contributed by atoms with Crippen molar-refractivity contribution in [2.75, 3.05) is 6.54 Å². The van der Waals surface area contributed by atoms with E-state index in [9.17, 15) is 15.0 Å². The average Bonchev–Trinajstić information content (AvgIpc) is 2.16. The van der Waals surface area contributed by atoms with E-state index in [-0.39, 0.29) is 17.5 Å². The number of aromatic amines is 1. The molecule has 1 aromatic heterocycles. The van der Waals surface area contributed by atoms with Gasteiger partial charge < -0.3 is 20.9 Å². The largest absolute Gasteiger partial charge is 0.389 e. The van der Waals surface area contributed by atoms with Crippen molar-refractivity contribution < 1.29 is 10.2 Å². The lowest BCUT2D eigenvalue weighted by molar-refractivity contribution is 0.0235. The number of nitrogens with one attached hydrogen (secondary N) is 1. The highest BCUT2D eigenvalue weighted by atomic mass is 16.3. The predicted octanol–water partition coefficient (Wildman–Crippen LogP) is -1.27. The first-order valence-electron chi connectivity index (χ1n) is 3.90. The fourth-order valence-electron chi connectivity index (χ4n) is 0.996. The number of aliphatic hydroxyl groups excluding tert-OH is 2. The van der Waals surface area contributed by atoms with Gasteiger partial charge in [0.25, 0.3) is 0 Å². The molecule has 0 amide bonds. The van der Waals surface area contributed by atoms with Gasteiger partial charge in [-0.1, -0.05) is 0 Å². The van der Waals surface area contributed by atoms with E-state index in [2.05, 4.69) is 4.98 Å². The number of pyridine rings is 1. The van der Waals surface area contributed by atoms with Gasteiger partial charge in [0, 0.05) is 30.6 Å². The first-order valence-corrected chi connectivity index (χ1v) is 3.90. The normalized spacial score (nSPS) is 15.3. The summed E-state index contributed by atoms with van der Waals surface area (Å²) in [6.07, 6.45) is 0.470. The molecule has 0 spiro atoms. The molecule has 0 bridgehead atoms. The molecule has 0 saturated carbocycles. The fourth-order valence-corrected chi connectivity index (χ4v) is 0.996. The number of aromatic nitrogens is 1. The van der Waals surface area contributed by atoms with E-state index < -0.39 is 12.2 Å². The summed E-state index contributed by atoms with van der Waals surface area (Å²) in [4.78, 5) is 13.8. The maximum absolute atomic E-state index is 11.1. The van der Waals surface area contributed by atoms with Gasteiger partial charge in [-0.2, -0.15) is 0 Å². The molecule has 0 aliphatic rings. The van der Waals surface area contributed by atoms with Crippen molar-refractivity contribution in [3.8, 4) is 0 Å². The Morgan fingerprint density at radius 3 is 2.77 bits per heavy atom. The summed E-state index contributed by atoms with van der Waals surface area (Å²) in [5.74, 6) is 0. The van der Waals surface area contributed by atoms with Crippen LogP contribution in [0.15, 0.2) is 23.3 Å². The van der Waals surface area contributed by atoms with Crippen molar-refractivity contribution >= 4 is 0 Å². The summed E-state index contributed by atoms with van der Waals surface area (Å²) >= 11 is 0. The lowest BCUT2D eigenvalue weighted by Gasteiger charge is -2.14. The predicted molar refractivity (Wildman–Crippen MR) is 47.1 cm³/mol. The topological polar surface area (TPSA) is 99.3 Å². The standard InChI is InChI=1S/C8H12N2O3/c9-3-7(12)8(13)5-4-10-2-1-6(5)11/h1-2,4,7-8,12-13H,3,9H2,(H,10,11). The highest BCUT2D eigenvalue weighted by molar-refractivity contribution is 5.13. The smallest absolute Gasteiger partial charge is 0.187 e. The zero-order valence-corrected chi connectivity index (χ0v) is 6.97. The third kappa shape index (κ3) is 2.15. The molecule has 1 heterocycles. The number of H-pyrrole nitrogens is 1. The summed E-state index contributed by atoms with van der Waals surface area (Å²) in [7, 11) is 0. The second kappa shape index (κ2) is 4.18.